The molecule has 2 heterocycles. The maximum atomic E-state index is 13.3. The summed E-state index contributed by atoms with van der Waals surface area (Å²) in [6, 6.07) is 2.11. The van der Waals surface area contributed by atoms with Crippen molar-refractivity contribution in [3.63, 3.8) is 0 Å². The Morgan fingerprint density at radius 1 is 0.824 bits per heavy atom. The molecule has 0 radical (unpaired) electrons. The van der Waals surface area contributed by atoms with Gasteiger partial charge in [0, 0.05) is 6.20 Å². The molecule has 2 aromatic rings. The van der Waals surface area contributed by atoms with Gasteiger partial charge in [-0.3, -0.25) is 4.98 Å². The van der Waals surface area contributed by atoms with Gasteiger partial charge in [-0.1, -0.05) is 0 Å². The summed E-state index contributed by atoms with van der Waals surface area (Å²) in [7, 11) is 0. The number of hydrogen-bond donors (Lipinski definition) is 0. The zero-order chi connectivity index (χ0) is 12.6. The molecule has 0 unspecified atom stereocenters. The molecule has 2 aromatic heterocycles. The molecular weight excluding hydrogens is 243 g/mol. The van der Waals surface area contributed by atoms with Gasteiger partial charge in [-0.15, -0.1) is 0 Å². The Bertz CT molecular complexity index is 585. The molecule has 0 saturated heterocycles. The lowest BCUT2D eigenvalue weighted by Gasteiger charge is -2.04. The molecule has 0 aliphatic rings. The van der Waals surface area contributed by atoms with E-state index < -0.39 is 40.6 Å². The zero-order valence-corrected chi connectivity index (χ0v) is 8.02. The van der Waals surface area contributed by atoms with Crippen LogP contribution in [-0.4, -0.2) is 9.97 Å². The van der Waals surface area contributed by atoms with E-state index in [1.165, 1.54) is 6.07 Å². The molecule has 0 bridgehead atoms. The fourth-order valence-corrected chi connectivity index (χ4v) is 1.20. The average molecular weight is 246 g/mol. The van der Waals surface area contributed by atoms with Crippen LogP contribution in [0.25, 0.3) is 11.4 Å². The van der Waals surface area contributed by atoms with Crippen molar-refractivity contribution in [1.82, 2.24) is 9.97 Å². The first-order valence-electron chi connectivity index (χ1n) is 4.33. The van der Waals surface area contributed by atoms with Crippen LogP contribution in [0, 0.1) is 29.2 Å². The smallest absolute Gasteiger partial charge is 0.251 e. The van der Waals surface area contributed by atoms with Crippen LogP contribution in [0.15, 0.2) is 18.3 Å². The fraction of sp³-hybridized carbons (Fsp3) is 0. The summed E-state index contributed by atoms with van der Waals surface area (Å²) in [6.45, 7) is 0. The number of pyridine rings is 2. The molecule has 7 heteroatoms. The van der Waals surface area contributed by atoms with Crippen molar-refractivity contribution in [3.05, 3.63) is 47.5 Å². The van der Waals surface area contributed by atoms with Gasteiger partial charge in [0.05, 0.1) is 0 Å². The van der Waals surface area contributed by atoms with Crippen molar-refractivity contribution in [2.45, 2.75) is 0 Å². The molecule has 0 aliphatic carbocycles. The molecule has 0 atom stereocenters. The summed E-state index contributed by atoms with van der Waals surface area (Å²) in [5.74, 6) is -8.78. The maximum Gasteiger partial charge on any atom is 0.252 e. The highest BCUT2D eigenvalue weighted by Gasteiger charge is 2.23. The summed E-state index contributed by atoms with van der Waals surface area (Å²) in [5.41, 5.74) is -1.71. The molecule has 0 saturated carbocycles. The van der Waals surface area contributed by atoms with Gasteiger partial charge < -0.3 is 0 Å². The van der Waals surface area contributed by atoms with Crippen molar-refractivity contribution in [3.8, 4) is 11.4 Å². The van der Waals surface area contributed by atoms with Crippen LogP contribution in [0.5, 0.6) is 0 Å². The largest absolute Gasteiger partial charge is 0.252 e. The minimum absolute atomic E-state index is 0.692. The van der Waals surface area contributed by atoms with Gasteiger partial charge in [0.2, 0.25) is 11.6 Å². The molecule has 2 nitrogen and oxygen atoms in total. The van der Waals surface area contributed by atoms with E-state index in [9.17, 15) is 22.0 Å². The Kier molecular flexibility index (Phi) is 2.74. The van der Waals surface area contributed by atoms with E-state index in [1.807, 2.05) is 0 Å². The molecule has 17 heavy (non-hydrogen) atoms. The summed E-state index contributed by atoms with van der Waals surface area (Å²) in [6.07, 6.45) is 1.08. The summed E-state index contributed by atoms with van der Waals surface area (Å²) < 4.78 is 64.8. The third-order valence-electron chi connectivity index (χ3n) is 1.97. The predicted octanol–water partition coefficient (Wildman–Crippen LogP) is 2.84. The Morgan fingerprint density at radius 3 is 2.18 bits per heavy atom. The van der Waals surface area contributed by atoms with E-state index in [4.69, 9.17) is 0 Å². The highest BCUT2D eigenvalue weighted by molar-refractivity contribution is 5.55. The second kappa shape index (κ2) is 4.08. The zero-order valence-electron chi connectivity index (χ0n) is 8.02. The monoisotopic (exact) mass is 246 g/mol. The van der Waals surface area contributed by atoms with Crippen LogP contribution in [-0.2, 0) is 0 Å². The van der Waals surface area contributed by atoms with Gasteiger partial charge in [-0.05, 0) is 12.1 Å². The van der Waals surface area contributed by atoms with E-state index in [1.54, 1.807) is 0 Å². The molecule has 0 spiro atoms. The van der Waals surface area contributed by atoms with E-state index >= 15 is 0 Å². The Balaban J connectivity index is 2.73. The molecule has 2 rings (SSSR count). The highest BCUT2D eigenvalue weighted by Crippen LogP contribution is 2.25. The summed E-state index contributed by atoms with van der Waals surface area (Å²) in [5, 5.41) is 0. The van der Waals surface area contributed by atoms with Crippen molar-refractivity contribution < 1.29 is 22.0 Å². The van der Waals surface area contributed by atoms with Crippen LogP contribution < -0.4 is 0 Å². The molecule has 0 aromatic carbocycles. The average Bonchev–Trinajstić information content (AvgIpc) is 2.32. The second-order valence-corrected chi connectivity index (χ2v) is 3.03. The lowest BCUT2D eigenvalue weighted by Crippen LogP contribution is -2.04. The predicted molar refractivity (Wildman–Crippen MR) is 47.3 cm³/mol. The minimum atomic E-state index is -2.06. The normalized spacial score (nSPS) is 10.6. The Hall–Kier alpha value is -2.05. The van der Waals surface area contributed by atoms with Crippen LogP contribution in [0.2, 0.25) is 0 Å². The second-order valence-electron chi connectivity index (χ2n) is 3.03. The number of hydrogen-bond acceptors (Lipinski definition) is 2. The highest BCUT2D eigenvalue weighted by atomic mass is 19.2. The van der Waals surface area contributed by atoms with Crippen LogP contribution in [0.4, 0.5) is 22.0 Å². The summed E-state index contributed by atoms with van der Waals surface area (Å²) >= 11 is 0. The first-order chi connectivity index (χ1) is 8.02. The van der Waals surface area contributed by atoms with Gasteiger partial charge in [-0.2, -0.15) is 8.78 Å². The van der Waals surface area contributed by atoms with Gasteiger partial charge in [0.15, 0.2) is 11.6 Å². The quantitative estimate of drug-likeness (QED) is 0.571. The van der Waals surface area contributed by atoms with Crippen molar-refractivity contribution >= 4 is 0 Å². The Morgan fingerprint density at radius 2 is 1.53 bits per heavy atom. The van der Waals surface area contributed by atoms with Crippen molar-refractivity contribution in [1.29, 1.82) is 0 Å². The number of halogens is 5. The lowest BCUT2D eigenvalue weighted by molar-refractivity contribution is 0.392. The number of nitrogens with zero attached hydrogens (tertiary/aromatic N) is 2. The van der Waals surface area contributed by atoms with Gasteiger partial charge >= 0.3 is 0 Å². The maximum absolute atomic E-state index is 13.3. The molecular formula is C10H3F5N2. The van der Waals surface area contributed by atoms with Crippen LogP contribution in [0.1, 0.15) is 0 Å². The SMILES string of the molecule is Fc1cccnc1-c1nc(F)c(F)c(F)c1F. The van der Waals surface area contributed by atoms with Crippen molar-refractivity contribution in [2.75, 3.05) is 0 Å². The minimum Gasteiger partial charge on any atom is -0.251 e. The van der Waals surface area contributed by atoms with Crippen LogP contribution in [0.3, 0.4) is 0 Å². The first kappa shape index (κ1) is 11.4. The number of rotatable bonds is 1. The summed E-state index contributed by atoms with van der Waals surface area (Å²) in [4.78, 5) is 6.19. The molecule has 0 fully saturated rings. The standard InChI is InChI=1S/C10H3F5N2/c11-4-2-1-3-16-8(4)9-6(13)5(12)7(14)10(15)17-9/h1-3H. The van der Waals surface area contributed by atoms with E-state index in [0.717, 1.165) is 12.3 Å². The van der Waals surface area contributed by atoms with Crippen LogP contribution >= 0.6 is 0 Å². The number of aromatic nitrogens is 2. The lowest BCUT2D eigenvalue weighted by atomic mass is 10.2. The van der Waals surface area contributed by atoms with Crippen molar-refractivity contribution in [2.24, 2.45) is 0 Å². The molecule has 0 amide bonds. The topological polar surface area (TPSA) is 25.8 Å². The van der Waals surface area contributed by atoms with E-state index in [-0.39, 0.29) is 0 Å². The molecule has 0 N–H and O–H groups in total. The third-order valence-corrected chi connectivity index (χ3v) is 1.97. The van der Waals surface area contributed by atoms with Gasteiger partial charge in [-0.25, -0.2) is 18.2 Å². The molecule has 88 valence electrons. The van der Waals surface area contributed by atoms with Gasteiger partial charge in [0.25, 0.3) is 5.95 Å². The fourth-order valence-electron chi connectivity index (χ4n) is 1.20. The first-order valence-corrected chi connectivity index (χ1v) is 4.33. The van der Waals surface area contributed by atoms with Gasteiger partial charge in [0.1, 0.15) is 11.4 Å². The third kappa shape index (κ3) is 1.83. The molecule has 0 aliphatic heterocycles. The van der Waals surface area contributed by atoms with E-state index in [0.29, 0.717) is 0 Å². The van der Waals surface area contributed by atoms with E-state index in [2.05, 4.69) is 9.97 Å². The Labute approximate surface area is 91.8 Å².